The van der Waals surface area contributed by atoms with Crippen molar-refractivity contribution in [3.05, 3.63) is 34.2 Å². The average Bonchev–Trinajstić information content (AvgIpc) is 2.36. The van der Waals surface area contributed by atoms with Crippen molar-refractivity contribution in [1.82, 2.24) is 0 Å². The third kappa shape index (κ3) is 2.26. The van der Waals surface area contributed by atoms with Gasteiger partial charge in [-0.3, -0.25) is 9.59 Å². The van der Waals surface area contributed by atoms with Crippen LogP contribution in [-0.2, 0) is 4.79 Å². The number of benzene rings is 1. The van der Waals surface area contributed by atoms with Crippen molar-refractivity contribution in [3.8, 4) is 5.75 Å². The van der Waals surface area contributed by atoms with Crippen LogP contribution in [0.1, 0.15) is 17.3 Å². The molecule has 1 atom stereocenters. The van der Waals surface area contributed by atoms with E-state index in [1.165, 1.54) is 6.07 Å². The van der Waals surface area contributed by atoms with E-state index in [4.69, 9.17) is 10.3 Å². The van der Waals surface area contributed by atoms with Crippen LogP contribution in [0.15, 0.2) is 23.3 Å². The molecule has 0 radical (unpaired) electrons. The van der Waals surface area contributed by atoms with Gasteiger partial charge in [-0.15, -0.1) is 0 Å². The van der Waals surface area contributed by atoms with Gasteiger partial charge in [0.1, 0.15) is 5.75 Å². The first-order valence-corrected chi connectivity index (χ1v) is 5.27. The quantitative estimate of drug-likeness (QED) is 0.381. The highest BCUT2D eigenvalue weighted by atomic mass is 16.5. The van der Waals surface area contributed by atoms with Gasteiger partial charge in [0.05, 0.1) is 12.2 Å². The smallest absolute Gasteiger partial charge is 0.265 e. The highest BCUT2D eigenvalue weighted by Crippen LogP contribution is 2.30. The van der Waals surface area contributed by atoms with E-state index in [9.17, 15) is 9.59 Å². The average molecular weight is 246 g/mol. The zero-order valence-corrected chi connectivity index (χ0v) is 9.58. The van der Waals surface area contributed by atoms with Crippen LogP contribution in [0.2, 0.25) is 0 Å². The molecule has 1 amide bonds. The fourth-order valence-electron chi connectivity index (χ4n) is 1.57. The van der Waals surface area contributed by atoms with E-state index in [0.717, 1.165) is 0 Å². The maximum absolute atomic E-state index is 11.6. The molecule has 18 heavy (non-hydrogen) atoms. The van der Waals surface area contributed by atoms with Crippen molar-refractivity contribution in [2.45, 2.75) is 13.0 Å². The summed E-state index contributed by atoms with van der Waals surface area (Å²) in [5.74, 6) is -0.0620. The van der Waals surface area contributed by atoms with E-state index in [-0.39, 0.29) is 18.2 Å². The Kier molecular flexibility index (Phi) is 3.16. The SMILES string of the molecule is CC1Oc2ccc(C(=O)CN=[N+]=[N-])cc2NC1=O. The Morgan fingerprint density at radius 3 is 3.11 bits per heavy atom. The molecular weight excluding hydrogens is 236 g/mol. The lowest BCUT2D eigenvalue weighted by Crippen LogP contribution is -2.34. The molecule has 7 nitrogen and oxygen atoms in total. The summed E-state index contributed by atoms with van der Waals surface area (Å²) < 4.78 is 5.35. The van der Waals surface area contributed by atoms with Crippen LogP contribution in [-0.4, -0.2) is 24.3 Å². The van der Waals surface area contributed by atoms with E-state index >= 15 is 0 Å². The van der Waals surface area contributed by atoms with Gasteiger partial charge in [-0.2, -0.15) is 0 Å². The highest BCUT2D eigenvalue weighted by Gasteiger charge is 2.24. The first kappa shape index (κ1) is 11.9. The standard InChI is InChI=1S/C11H10N4O3/c1-6-11(17)14-8-4-7(2-3-10(8)18-6)9(16)5-13-15-12/h2-4,6H,5H2,1H3,(H,14,17). The third-order valence-corrected chi connectivity index (χ3v) is 2.51. The van der Waals surface area contributed by atoms with Gasteiger partial charge >= 0.3 is 0 Å². The Balaban J connectivity index is 2.27. The summed E-state index contributed by atoms with van der Waals surface area (Å²) in [6, 6.07) is 4.68. The third-order valence-electron chi connectivity index (χ3n) is 2.51. The van der Waals surface area contributed by atoms with Gasteiger partial charge in [0.2, 0.25) is 0 Å². The van der Waals surface area contributed by atoms with Gasteiger partial charge in [0.15, 0.2) is 11.9 Å². The van der Waals surface area contributed by atoms with Gasteiger partial charge in [-0.25, -0.2) is 0 Å². The Hall–Kier alpha value is -2.53. The van der Waals surface area contributed by atoms with Crippen molar-refractivity contribution in [3.63, 3.8) is 0 Å². The molecule has 1 aromatic rings. The van der Waals surface area contributed by atoms with Gasteiger partial charge < -0.3 is 10.1 Å². The Morgan fingerprint density at radius 2 is 2.39 bits per heavy atom. The molecule has 0 saturated heterocycles. The summed E-state index contributed by atoms with van der Waals surface area (Å²) in [5, 5.41) is 5.84. The fraction of sp³-hybridized carbons (Fsp3) is 0.273. The van der Waals surface area contributed by atoms with Crippen LogP contribution in [0, 0.1) is 0 Å². The molecule has 1 heterocycles. The highest BCUT2D eigenvalue weighted by molar-refractivity contribution is 6.02. The predicted molar refractivity (Wildman–Crippen MR) is 63.5 cm³/mol. The maximum atomic E-state index is 11.6. The number of azide groups is 1. The van der Waals surface area contributed by atoms with Crippen molar-refractivity contribution in [2.24, 2.45) is 5.11 Å². The number of ether oxygens (including phenoxy) is 1. The lowest BCUT2D eigenvalue weighted by molar-refractivity contribution is -0.122. The number of anilines is 1. The second kappa shape index (κ2) is 4.77. The fourth-order valence-corrected chi connectivity index (χ4v) is 1.57. The predicted octanol–water partition coefficient (Wildman–Crippen LogP) is 1.90. The molecule has 1 N–H and O–H groups in total. The molecule has 0 bridgehead atoms. The summed E-state index contributed by atoms with van der Waals surface area (Å²) in [7, 11) is 0. The van der Waals surface area contributed by atoms with E-state index in [0.29, 0.717) is 17.0 Å². The molecule has 0 saturated carbocycles. The zero-order valence-electron chi connectivity index (χ0n) is 9.58. The number of Topliss-reactive ketones (excluding diaryl/α,β-unsaturated/α-hetero) is 1. The normalized spacial score (nSPS) is 16.9. The van der Waals surface area contributed by atoms with Crippen LogP contribution in [0.4, 0.5) is 5.69 Å². The summed E-state index contributed by atoms with van der Waals surface area (Å²) in [6.45, 7) is 1.39. The molecule has 1 unspecified atom stereocenters. The lowest BCUT2D eigenvalue weighted by Gasteiger charge is -2.23. The van der Waals surface area contributed by atoms with Crippen molar-refractivity contribution in [2.75, 3.05) is 11.9 Å². The van der Waals surface area contributed by atoms with E-state index in [1.807, 2.05) is 0 Å². The van der Waals surface area contributed by atoms with Gasteiger partial charge in [-0.05, 0) is 30.7 Å². The van der Waals surface area contributed by atoms with Crippen LogP contribution < -0.4 is 10.1 Å². The summed E-state index contributed by atoms with van der Waals surface area (Å²) >= 11 is 0. The summed E-state index contributed by atoms with van der Waals surface area (Å²) in [5.41, 5.74) is 8.96. The minimum absolute atomic E-state index is 0.250. The Labute approximate surface area is 102 Å². The minimum atomic E-state index is -0.553. The van der Waals surface area contributed by atoms with Crippen molar-refractivity contribution < 1.29 is 14.3 Å². The number of hydrogen-bond donors (Lipinski definition) is 1. The molecule has 0 spiro atoms. The number of nitrogens with one attached hydrogen (secondary N) is 1. The van der Waals surface area contributed by atoms with E-state index in [1.54, 1.807) is 19.1 Å². The first-order chi connectivity index (χ1) is 8.61. The topological polar surface area (TPSA) is 104 Å². The van der Waals surface area contributed by atoms with E-state index in [2.05, 4.69) is 15.3 Å². The number of nitrogens with zero attached hydrogens (tertiary/aromatic N) is 3. The molecule has 1 aliphatic rings. The lowest BCUT2D eigenvalue weighted by atomic mass is 10.1. The molecule has 0 fully saturated rings. The number of rotatable bonds is 3. The van der Waals surface area contributed by atoms with E-state index < -0.39 is 6.10 Å². The summed E-state index contributed by atoms with van der Waals surface area (Å²) in [6.07, 6.45) is -0.553. The molecule has 2 rings (SSSR count). The monoisotopic (exact) mass is 246 g/mol. The first-order valence-electron chi connectivity index (χ1n) is 5.27. The van der Waals surface area contributed by atoms with Crippen molar-refractivity contribution >= 4 is 17.4 Å². The van der Waals surface area contributed by atoms with Crippen LogP contribution in [0.3, 0.4) is 0 Å². The second-order valence-corrected chi connectivity index (χ2v) is 3.77. The zero-order chi connectivity index (χ0) is 13.1. The molecule has 1 aliphatic heterocycles. The molecule has 1 aromatic carbocycles. The number of carbonyl (C=O) groups excluding carboxylic acids is 2. The van der Waals surface area contributed by atoms with Crippen LogP contribution in [0.5, 0.6) is 5.75 Å². The van der Waals surface area contributed by atoms with Crippen LogP contribution >= 0.6 is 0 Å². The largest absolute Gasteiger partial charge is 0.479 e. The molecular formula is C11H10N4O3. The number of amides is 1. The molecule has 0 aromatic heterocycles. The number of hydrogen-bond acceptors (Lipinski definition) is 4. The number of fused-ring (bicyclic) bond motifs is 1. The van der Waals surface area contributed by atoms with Crippen molar-refractivity contribution in [1.29, 1.82) is 0 Å². The summed E-state index contributed by atoms with van der Waals surface area (Å²) in [4.78, 5) is 25.6. The van der Waals surface area contributed by atoms with Crippen LogP contribution in [0.25, 0.3) is 10.4 Å². The Bertz CT molecular complexity index is 563. The second-order valence-electron chi connectivity index (χ2n) is 3.77. The van der Waals surface area contributed by atoms with Gasteiger partial charge in [0, 0.05) is 10.5 Å². The number of ketones is 1. The van der Waals surface area contributed by atoms with Gasteiger partial charge in [0.25, 0.3) is 5.91 Å². The molecule has 7 heteroatoms. The minimum Gasteiger partial charge on any atom is -0.479 e. The molecule has 0 aliphatic carbocycles. The van der Waals surface area contributed by atoms with Gasteiger partial charge in [-0.1, -0.05) is 5.11 Å². The number of carbonyl (C=O) groups is 2. The maximum Gasteiger partial charge on any atom is 0.265 e. The Morgan fingerprint density at radius 1 is 1.61 bits per heavy atom. The molecule has 92 valence electrons.